The molecule has 4 rings (SSSR count). The fraction of sp³-hybridized carbons (Fsp3) is 0.357. The molecule has 3 aromatic carbocycles. The van der Waals surface area contributed by atoms with Crippen LogP contribution in [0, 0.1) is 0 Å². The SMILES string of the molecule is CCOc1cccc(S(=O)(=O)CCN2CCN(c3ccc(C(C)(O)c4ccccc4)cc3)CC2)c1. The van der Waals surface area contributed by atoms with Crippen LogP contribution in [0.15, 0.2) is 83.8 Å². The normalized spacial score (nSPS) is 16.6. The lowest BCUT2D eigenvalue weighted by Gasteiger charge is -2.36. The van der Waals surface area contributed by atoms with E-state index in [0.717, 1.165) is 43.0 Å². The summed E-state index contributed by atoms with van der Waals surface area (Å²) in [7, 11) is -3.37. The van der Waals surface area contributed by atoms with Crippen molar-refractivity contribution in [3.63, 3.8) is 0 Å². The van der Waals surface area contributed by atoms with Crippen LogP contribution in [0.4, 0.5) is 5.69 Å². The van der Waals surface area contributed by atoms with Crippen molar-refractivity contribution in [3.05, 3.63) is 90.0 Å². The average Bonchev–Trinajstić information content (AvgIpc) is 2.89. The van der Waals surface area contributed by atoms with Gasteiger partial charge in [0.15, 0.2) is 9.84 Å². The number of piperazine rings is 1. The highest BCUT2D eigenvalue weighted by Gasteiger charge is 2.26. The van der Waals surface area contributed by atoms with Crippen LogP contribution in [0.5, 0.6) is 5.75 Å². The van der Waals surface area contributed by atoms with Crippen LogP contribution in [0.3, 0.4) is 0 Å². The lowest BCUT2D eigenvalue weighted by molar-refractivity contribution is 0.102. The predicted octanol–water partition coefficient (Wildman–Crippen LogP) is 3.94. The highest BCUT2D eigenvalue weighted by Crippen LogP contribution is 2.30. The number of rotatable bonds is 9. The predicted molar refractivity (Wildman–Crippen MR) is 140 cm³/mol. The summed E-state index contributed by atoms with van der Waals surface area (Å²) in [5, 5.41) is 11.1. The molecule has 1 fully saturated rings. The zero-order valence-corrected chi connectivity index (χ0v) is 21.2. The monoisotopic (exact) mass is 494 g/mol. The molecular formula is C28H34N2O4S. The third-order valence-electron chi connectivity index (χ3n) is 6.65. The molecule has 0 aromatic heterocycles. The summed E-state index contributed by atoms with van der Waals surface area (Å²) in [5.74, 6) is 0.671. The second kappa shape index (κ2) is 10.8. The number of nitrogens with zero attached hydrogens (tertiary/aromatic N) is 2. The third-order valence-corrected chi connectivity index (χ3v) is 8.35. The molecule has 6 nitrogen and oxygen atoms in total. The summed E-state index contributed by atoms with van der Waals surface area (Å²) in [6.07, 6.45) is 0. The van der Waals surface area contributed by atoms with Crippen molar-refractivity contribution in [2.75, 3.05) is 50.0 Å². The maximum absolute atomic E-state index is 12.8. The van der Waals surface area contributed by atoms with E-state index in [9.17, 15) is 13.5 Å². The number of ether oxygens (including phenoxy) is 1. The third kappa shape index (κ3) is 6.04. The molecule has 1 saturated heterocycles. The zero-order valence-electron chi connectivity index (χ0n) is 20.4. The van der Waals surface area contributed by atoms with Crippen LogP contribution in [0.1, 0.15) is 25.0 Å². The zero-order chi connectivity index (χ0) is 24.9. The highest BCUT2D eigenvalue weighted by molar-refractivity contribution is 7.91. The Bertz CT molecular complexity index is 1200. The van der Waals surface area contributed by atoms with E-state index in [1.807, 2.05) is 56.3 Å². The maximum Gasteiger partial charge on any atom is 0.179 e. The molecule has 1 aliphatic heterocycles. The van der Waals surface area contributed by atoms with E-state index < -0.39 is 15.4 Å². The summed E-state index contributed by atoms with van der Waals surface area (Å²) in [6, 6.07) is 24.5. The summed E-state index contributed by atoms with van der Waals surface area (Å²) < 4.78 is 31.1. The van der Waals surface area contributed by atoms with Crippen molar-refractivity contribution in [3.8, 4) is 5.75 Å². The number of anilines is 1. The molecule has 7 heteroatoms. The number of sulfone groups is 1. The Hall–Kier alpha value is -2.87. The molecule has 1 unspecified atom stereocenters. The number of hydrogen-bond donors (Lipinski definition) is 1. The Labute approximate surface area is 208 Å². The molecule has 0 aliphatic carbocycles. The van der Waals surface area contributed by atoms with Gasteiger partial charge in [-0.15, -0.1) is 0 Å². The largest absolute Gasteiger partial charge is 0.494 e. The number of hydrogen-bond acceptors (Lipinski definition) is 6. The molecule has 1 N–H and O–H groups in total. The quantitative estimate of drug-likeness (QED) is 0.486. The Kier molecular flexibility index (Phi) is 7.79. The van der Waals surface area contributed by atoms with Crippen molar-refractivity contribution < 1.29 is 18.3 Å². The molecule has 0 saturated carbocycles. The van der Waals surface area contributed by atoms with Gasteiger partial charge in [0, 0.05) is 38.4 Å². The van der Waals surface area contributed by atoms with Gasteiger partial charge in [0.25, 0.3) is 0 Å². The van der Waals surface area contributed by atoms with Gasteiger partial charge >= 0.3 is 0 Å². The first-order valence-electron chi connectivity index (χ1n) is 12.1. The van der Waals surface area contributed by atoms with E-state index in [2.05, 4.69) is 21.9 Å². The molecule has 0 bridgehead atoms. The van der Waals surface area contributed by atoms with Gasteiger partial charge in [0.1, 0.15) is 11.4 Å². The van der Waals surface area contributed by atoms with Gasteiger partial charge in [-0.1, -0.05) is 48.5 Å². The lowest BCUT2D eigenvalue weighted by atomic mass is 9.88. The average molecular weight is 495 g/mol. The van der Waals surface area contributed by atoms with Crippen molar-refractivity contribution >= 4 is 15.5 Å². The van der Waals surface area contributed by atoms with Gasteiger partial charge in [-0.25, -0.2) is 8.42 Å². The topological polar surface area (TPSA) is 70.1 Å². The number of aliphatic hydroxyl groups is 1. The summed E-state index contributed by atoms with van der Waals surface area (Å²) >= 11 is 0. The molecule has 35 heavy (non-hydrogen) atoms. The van der Waals surface area contributed by atoms with E-state index in [0.29, 0.717) is 23.8 Å². The minimum absolute atomic E-state index is 0.0891. The first kappa shape index (κ1) is 25.2. The van der Waals surface area contributed by atoms with Gasteiger partial charge in [0.05, 0.1) is 17.3 Å². The fourth-order valence-electron chi connectivity index (χ4n) is 4.45. The van der Waals surface area contributed by atoms with Gasteiger partial charge in [0.2, 0.25) is 0 Å². The molecule has 1 heterocycles. The number of benzene rings is 3. The van der Waals surface area contributed by atoms with E-state index in [4.69, 9.17) is 4.74 Å². The minimum Gasteiger partial charge on any atom is -0.494 e. The summed E-state index contributed by atoms with van der Waals surface area (Å²) in [5.41, 5.74) is 1.77. The molecule has 1 atom stereocenters. The molecule has 0 radical (unpaired) electrons. The molecule has 0 amide bonds. The summed E-state index contributed by atoms with van der Waals surface area (Å²) in [4.78, 5) is 4.82. The fourth-order valence-corrected chi connectivity index (χ4v) is 5.76. The van der Waals surface area contributed by atoms with Crippen molar-refractivity contribution in [2.24, 2.45) is 0 Å². The van der Waals surface area contributed by atoms with Gasteiger partial charge in [-0.2, -0.15) is 0 Å². The van der Waals surface area contributed by atoms with Gasteiger partial charge in [-0.3, -0.25) is 4.90 Å². The second-order valence-electron chi connectivity index (χ2n) is 9.04. The molecule has 1 aliphatic rings. The van der Waals surface area contributed by atoms with Gasteiger partial charge in [-0.05, 0) is 55.3 Å². The van der Waals surface area contributed by atoms with Crippen LogP contribution >= 0.6 is 0 Å². The first-order chi connectivity index (χ1) is 16.8. The van der Waals surface area contributed by atoms with Crippen LogP contribution in [0.25, 0.3) is 0 Å². The van der Waals surface area contributed by atoms with Gasteiger partial charge < -0.3 is 14.7 Å². The molecular weight excluding hydrogens is 460 g/mol. The highest BCUT2D eigenvalue weighted by atomic mass is 32.2. The van der Waals surface area contributed by atoms with E-state index >= 15 is 0 Å². The van der Waals surface area contributed by atoms with E-state index in [-0.39, 0.29) is 5.75 Å². The van der Waals surface area contributed by atoms with Crippen molar-refractivity contribution in [1.29, 1.82) is 0 Å². The Balaban J connectivity index is 1.31. The molecule has 0 spiro atoms. The smallest absolute Gasteiger partial charge is 0.179 e. The van der Waals surface area contributed by atoms with E-state index in [1.54, 1.807) is 24.3 Å². The van der Waals surface area contributed by atoms with Crippen molar-refractivity contribution in [1.82, 2.24) is 4.90 Å². The van der Waals surface area contributed by atoms with Crippen LogP contribution in [-0.2, 0) is 15.4 Å². The van der Waals surface area contributed by atoms with Crippen LogP contribution < -0.4 is 9.64 Å². The van der Waals surface area contributed by atoms with Crippen LogP contribution in [0.2, 0.25) is 0 Å². The standard InChI is InChI=1S/C28H34N2O4S/c1-3-34-26-10-7-11-27(22-26)35(32,33)21-20-29-16-18-30(19-17-29)25-14-12-24(13-15-25)28(2,31)23-8-5-4-6-9-23/h4-15,22,31H,3,16-21H2,1-2H3. The Morgan fingerprint density at radius 2 is 1.54 bits per heavy atom. The van der Waals surface area contributed by atoms with Crippen LogP contribution in [-0.4, -0.2) is 63.5 Å². The molecule has 186 valence electrons. The lowest BCUT2D eigenvalue weighted by Crippen LogP contribution is -2.47. The van der Waals surface area contributed by atoms with E-state index in [1.165, 1.54) is 0 Å². The second-order valence-corrected chi connectivity index (χ2v) is 11.1. The first-order valence-corrected chi connectivity index (χ1v) is 13.8. The Morgan fingerprint density at radius 1 is 0.886 bits per heavy atom. The maximum atomic E-state index is 12.8. The Morgan fingerprint density at radius 3 is 2.20 bits per heavy atom. The van der Waals surface area contributed by atoms with Crippen molar-refractivity contribution in [2.45, 2.75) is 24.3 Å². The summed E-state index contributed by atoms with van der Waals surface area (Å²) in [6.45, 7) is 7.97. The molecule has 3 aromatic rings. The minimum atomic E-state index is -3.37.